The highest BCUT2D eigenvalue weighted by atomic mass is 14.6. The number of hydrogen-bond donors (Lipinski definition) is 3. The Morgan fingerprint density at radius 1 is 1.21 bits per heavy atom. The van der Waals surface area contributed by atoms with Crippen molar-refractivity contribution in [1.82, 2.24) is 0 Å². The molecular weight excluding hydrogens is 174 g/mol. The normalized spacial score (nSPS) is 20.4. The first-order valence-corrected chi connectivity index (χ1v) is 4.53. The Hall–Kier alpha value is -1.77. The van der Waals surface area contributed by atoms with Crippen LogP contribution in [-0.4, -0.2) is 6.21 Å². The number of allylic oxidation sites excluding steroid dienone is 6. The van der Waals surface area contributed by atoms with Gasteiger partial charge < -0.3 is 16.9 Å². The summed E-state index contributed by atoms with van der Waals surface area (Å²) in [4.78, 5) is 0. The monoisotopic (exact) mass is 189 g/mol. The lowest BCUT2D eigenvalue weighted by atomic mass is 10.2. The van der Waals surface area contributed by atoms with Crippen molar-refractivity contribution in [2.24, 2.45) is 11.5 Å². The predicted octanol–water partition coefficient (Wildman–Crippen LogP) is 1.60. The maximum absolute atomic E-state index is 6.88. The van der Waals surface area contributed by atoms with E-state index in [2.05, 4.69) is 0 Å². The summed E-state index contributed by atoms with van der Waals surface area (Å²) >= 11 is 0. The maximum atomic E-state index is 6.88. The van der Waals surface area contributed by atoms with E-state index < -0.39 is 0 Å². The van der Waals surface area contributed by atoms with Gasteiger partial charge in [0.1, 0.15) is 0 Å². The van der Waals surface area contributed by atoms with Gasteiger partial charge in [-0.25, -0.2) is 0 Å². The molecule has 5 N–H and O–H groups in total. The van der Waals surface area contributed by atoms with Crippen molar-refractivity contribution in [3.63, 3.8) is 0 Å². The molecule has 0 aliphatic heterocycles. The standard InChI is InChI=1S/C11H15N3/c12-7-1-3-9-5-6-10(11(9)14)4-2-8-13/h1-4,7-8,12H,5-6,13-14H2/b3-1+,8-2+,10-4-,12-7?. The molecule has 0 amide bonds. The van der Waals surface area contributed by atoms with Gasteiger partial charge in [0.25, 0.3) is 0 Å². The Bertz CT molecular complexity index is 332. The van der Waals surface area contributed by atoms with Crippen LogP contribution in [0.25, 0.3) is 0 Å². The van der Waals surface area contributed by atoms with Crippen LogP contribution in [0.1, 0.15) is 12.8 Å². The number of nitrogens with two attached hydrogens (primary N) is 2. The van der Waals surface area contributed by atoms with E-state index in [1.54, 1.807) is 12.2 Å². The molecule has 0 saturated heterocycles. The highest BCUT2D eigenvalue weighted by Gasteiger charge is 2.13. The summed E-state index contributed by atoms with van der Waals surface area (Å²) in [6.45, 7) is 0. The first-order valence-electron chi connectivity index (χ1n) is 4.53. The van der Waals surface area contributed by atoms with E-state index >= 15 is 0 Å². The van der Waals surface area contributed by atoms with Gasteiger partial charge >= 0.3 is 0 Å². The van der Waals surface area contributed by atoms with Crippen LogP contribution in [0.3, 0.4) is 0 Å². The fourth-order valence-electron chi connectivity index (χ4n) is 1.43. The Labute approximate surface area is 84.0 Å². The molecule has 1 aliphatic rings. The molecule has 0 fully saturated rings. The van der Waals surface area contributed by atoms with Gasteiger partial charge in [-0.05, 0) is 42.3 Å². The van der Waals surface area contributed by atoms with E-state index in [1.165, 1.54) is 12.4 Å². The third-order valence-corrected chi connectivity index (χ3v) is 2.16. The Kier molecular flexibility index (Phi) is 3.73. The SMILES string of the molecule is N=C/C=C/C1=C(N)C(=C\C=C\N)/CC1. The molecule has 14 heavy (non-hydrogen) atoms. The van der Waals surface area contributed by atoms with E-state index in [4.69, 9.17) is 16.9 Å². The molecule has 3 nitrogen and oxygen atoms in total. The van der Waals surface area contributed by atoms with Crippen LogP contribution in [0.5, 0.6) is 0 Å². The Morgan fingerprint density at radius 3 is 2.64 bits per heavy atom. The van der Waals surface area contributed by atoms with Gasteiger partial charge in [0, 0.05) is 11.9 Å². The first kappa shape index (κ1) is 10.3. The minimum Gasteiger partial charge on any atom is -0.405 e. The second-order valence-corrected chi connectivity index (χ2v) is 3.04. The Morgan fingerprint density at radius 2 is 2.00 bits per heavy atom. The van der Waals surface area contributed by atoms with Crippen LogP contribution in [0.4, 0.5) is 0 Å². The van der Waals surface area contributed by atoms with Crippen LogP contribution in [0, 0.1) is 5.41 Å². The quantitative estimate of drug-likeness (QED) is 0.590. The average molecular weight is 189 g/mol. The van der Waals surface area contributed by atoms with Crippen molar-refractivity contribution in [2.45, 2.75) is 12.8 Å². The fourth-order valence-corrected chi connectivity index (χ4v) is 1.43. The molecule has 0 saturated carbocycles. The molecule has 3 heteroatoms. The van der Waals surface area contributed by atoms with E-state index in [-0.39, 0.29) is 0 Å². The topological polar surface area (TPSA) is 75.9 Å². The van der Waals surface area contributed by atoms with Gasteiger partial charge in [0.2, 0.25) is 0 Å². The van der Waals surface area contributed by atoms with E-state index in [9.17, 15) is 0 Å². The average Bonchev–Trinajstić information content (AvgIpc) is 2.54. The second-order valence-electron chi connectivity index (χ2n) is 3.04. The third-order valence-electron chi connectivity index (χ3n) is 2.16. The molecule has 0 aromatic rings. The molecule has 1 aliphatic carbocycles. The van der Waals surface area contributed by atoms with Crippen molar-refractivity contribution in [1.29, 1.82) is 5.41 Å². The summed E-state index contributed by atoms with van der Waals surface area (Å²) in [6, 6.07) is 0. The summed E-state index contributed by atoms with van der Waals surface area (Å²) in [7, 11) is 0. The highest BCUT2D eigenvalue weighted by molar-refractivity contribution is 5.69. The molecule has 0 radical (unpaired) electrons. The first-order chi connectivity index (χ1) is 6.79. The maximum Gasteiger partial charge on any atom is 0.0379 e. The lowest BCUT2D eigenvalue weighted by Crippen LogP contribution is -1.97. The van der Waals surface area contributed by atoms with Crippen molar-refractivity contribution < 1.29 is 0 Å². The zero-order valence-electron chi connectivity index (χ0n) is 8.03. The van der Waals surface area contributed by atoms with Crippen LogP contribution in [0.2, 0.25) is 0 Å². The van der Waals surface area contributed by atoms with Gasteiger partial charge in [-0.1, -0.05) is 12.2 Å². The van der Waals surface area contributed by atoms with Crippen LogP contribution >= 0.6 is 0 Å². The summed E-state index contributed by atoms with van der Waals surface area (Å²) in [6.07, 6.45) is 11.9. The second kappa shape index (κ2) is 5.07. The van der Waals surface area contributed by atoms with E-state index in [0.29, 0.717) is 0 Å². The third kappa shape index (κ3) is 2.36. The fraction of sp³-hybridized carbons (Fsp3) is 0.182. The lowest BCUT2D eigenvalue weighted by Gasteiger charge is -1.96. The molecule has 0 aromatic heterocycles. The molecule has 0 spiro atoms. The molecule has 0 unspecified atom stereocenters. The molecular formula is C11H15N3. The van der Waals surface area contributed by atoms with Crippen molar-refractivity contribution in [3.05, 3.63) is 47.3 Å². The molecule has 74 valence electrons. The zero-order valence-corrected chi connectivity index (χ0v) is 8.03. The highest BCUT2D eigenvalue weighted by Crippen LogP contribution is 2.28. The van der Waals surface area contributed by atoms with Crippen molar-refractivity contribution in [3.8, 4) is 0 Å². The number of nitrogens with one attached hydrogen (secondary N) is 1. The molecule has 0 atom stereocenters. The number of rotatable bonds is 3. The van der Waals surface area contributed by atoms with E-state index in [1.807, 2.05) is 12.2 Å². The Balaban J connectivity index is 2.84. The van der Waals surface area contributed by atoms with Gasteiger partial charge in [-0.15, -0.1) is 0 Å². The minimum atomic E-state index is 0.821. The molecule has 0 heterocycles. The number of hydrogen-bond acceptors (Lipinski definition) is 3. The summed E-state index contributed by atoms with van der Waals surface area (Å²) in [5.41, 5.74) is 14.2. The summed E-state index contributed by atoms with van der Waals surface area (Å²) < 4.78 is 0. The lowest BCUT2D eigenvalue weighted by molar-refractivity contribution is 1.03. The molecule has 1 rings (SSSR count). The smallest absolute Gasteiger partial charge is 0.0379 e. The largest absolute Gasteiger partial charge is 0.405 e. The van der Waals surface area contributed by atoms with Crippen molar-refractivity contribution in [2.75, 3.05) is 0 Å². The van der Waals surface area contributed by atoms with Crippen LogP contribution in [0.15, 0.2) is 47.3 Å². The predicted molar refractivity (Wildman–Crippen MR) is 59.8 cm³/mol. The van der Waals surface area contributed by atoms with Crippen LogP contribution < -0.4 is 11.5 Å². The van der Waals surface area contributed by atoms with Gasteiger partial charge in [-0.2, -0.15) is 0 Å². The molecule has 0 aromatic carbocycles. The van der Waals surface area contributed by atoms with Crippen LogP contribution in [-0.2, 0) is 0 Å². The zero-order chi connectivity index (χ0) is 10.4. The van der Waals surface area contributed by atoms with Gasteiger partial charge in [-0.3, -0.25) is 0 Å². The summed E-state index contributed by atoms with van der Waals surface area (Å²) in [5.74, 6) is 0. The molecule has 0 bridgehead atoms. The van der Waals surface area contributed by atoms with Gasteiger partial charge in [0.05, 0.1) is 0 Å². The van der Waals surface area contributed by atoms with Crippen molar-refractivity contribution >= 4 is 6.21 Å². The minimum absolute atomic E-state index is 0.821. The van der Waals surface area contributed by atoms with Gasteiger partial charge in [0.15, 0.2) is 0 Å². The summed E-state index contributed by atoms with van der Waals surface area (Å²) in [5, 5.41) is 6.88. The van der Waals surface area contributed by atoms with E-state index in [0.717, 1.165) is 29.7 Å².